The Hall–Kier alpha value is -1.57. The van der Waals surface area contributed by atoms with Gasteiger partial charge in [-0.25, -0.2) is 4.57 Å². The molecule has 0 atom stereocenters. The Kier molecular flexibility index (Phi) is 25.3. The molecule has 0 N–H and O–H groups in total. The second kappa shape index (κ2) is 28.9. The number of para-hydroxylation sites is 1. The van der Waals surface area contributed by atoms with Gasteiger partial charge in [0.25, 0.3) is 5.82 Å². The molecule has 1 heterocycles. The van der Waals surface area contributed by atoms with Gasteiger partial charge in [-0.05, 0) is 31.4 Å². The van der Waals surface area contributed by atoms with Crippen molar-refractivity contribution in [3.8, 4) is 5.69 Å². The molecule has 252 valence electrons. The van der Waals surface area contributed by atoms with Gasteiger partial charge in [0.15, 0.2) is 0 Å². The normalized spacial score (nSPS) is 11.5. The minimum absolute atomic E-state index is 1.17. The summed E-state index contributed by atoms with van der Waals surface area (Å²) in [4.78, 5) is 0. The molecule has 0 spiro atoms. The van der Waals surface area contributed by atoms with Crippen LogP contribution in [-0.2, 0) is 13.0 Å². The number of aromatic nitrogens is 2. The van der Waals surface area contributed by atoms with E-state index >= 15 is 0 Å². The molecule has 44 heavy (non-hydrogen) atoms. The monoisotopic (exact) mass is 608 g/mol. The van der Waals surface area contributed by atoms with Gasteiger partial charge < -0.3 is 0 Å². The van der Waals surface area contributed by atoms with Gasteiger partial charge in [-0.2, -0.15) is 4.57 Å². The van der Waals surface area contributed by atoms with E-state index in [0.29, 0.717) is 0 Å². The fourth-order valence-electron chi connectivity index (χ4n) is 6.88. The predicted molar refractivity (Wildman–Crippen MR) is 195 cm³/mol. The second-order valence-electron chi connectivity index (χ2n) is 13.9. The summed E-state index contributed by atoms with van der Waals surface area (Å²) in [5.74, 6) is 1.50. The molecule has 0 amide bonds. The van der Waals surface area contributed by atoms with Crippen molar-refractivity contribution < 1.29 is 4.57 Å². The van der Waals surface area contributed by atoms with Crippen LogP contribution in [0.2, 0.25) is 0 Å². The van der Waals surface area contributed by atoms with Crippen LogP contribution in [0.15, 0.2) is 42.7 Å². The molecule has 2 rings (SSSR count). The van der Waals surface area contributed by atoms with Crippen molar-refractivity contribution in [2.45, 2.75) is 213 Å². The van der Waals surface area contributed by atoms with Crippen LogP contribution < -0.4 is 4.57 Å². The summed E-state index contributed by atoms with van der Waals surface area (Å²) in [6, 6.07) is 11.0. The van der Waals surface area contributed by atoms with E-state index in [0.717, 1.165) is 0 Å². The highest BCUT2D eigenvalue weighted by atomic mass is 15.1. The molecule has 2 nitrogen and oxygen atoms in total. The van der Waals surface area contributed by atoms with Crippen molar-refractivity contribution in [2.75, 3.05) is 0 Å². The molecule has 0 aliphatic heterocycles. The molecule has 2 heteroatoms. The maximum atomic E-state index is 2.57. The molecular formula is C42H75N2+. The summed E-state index contributed by atoms with van der Waals surface area (Å²) in [5, 5.41) is 0. The molecule has 0 aliphatic rings. The van der Waals surface area contributed by atoms with Crippen LogP contribution in [-0.4, -0.2) is 4.57 Å². The Morgan fingerprint density at radius 2 is 0.795 bits per heavy atom. The van der Waals surface area contributed by atoms with Gasteiger partial charge in [0.2, 0.25) is 0 Å². The number of nitrogens with zero attached hydrogens (tertiary/aromatic N) is 2. The van der Waals surface area contributed by atoms with Crippen LogP contribution >= 0.6 is 0 Å². The summed E-state index contributed by atoms with van der Waals surface area (Å²) in [6.07, 6.45) is 47.2. The third kappa shape index (κ3) is 19.7. The predicted octanol–water partition coefficient (Wildman–Crippen LogP) is 13.7. The Morgan fingerprint density at radius 1 is 0.432 bits per heavy atom. The van der Waals surface area contributed by atoms with Crippen molar-refractivity contribution in [3.05, 3.63) is 48.5 Å². The van der Waals surface area contributed by atoms with Crippen LogP contribution in [0.25, 0.3) is 5.69 Å². The number of rotatable bonds is 32. The number of imidazole rings is 1. The van der Waals surface area contributed by atoms with Gasteiger partial charge >= 0.3 is 0 Å². The number of aryl methyl sites for hydroxylation is 1. The topological polar surface area (TPSA) is 8.81 Å². The van der Waals surface area contributed by atoms with Gasteiger partial charge in [0.05, 0.1) is 6.54 Å². The second-order valence-corrected chi connectivity index (χ2v) is 13.9. The van der Waals surface area contributed by atoms with Gasteiger partial charge in [-0.15, -0.1) is 0 Å². The minimum Gasteiger partial charge on any atom is -0.234 e. The van der Waals surface area contributed by atoms with Gasteiger partial charge in [0, 0.05) is 6.42 Å². The summed E-state index contributed by atoms with van der Waals surface area (Å²) < 4.78 is 5.02. The lowest BCUT2D eigenvalue weighted by atomic mass is 10.0. The highest BCUT2D eigenvalue weighted by molar-refractivity contribution is 5.31. The summed E-state index contributed by atoms with van der Waals surface area (Å²) in [6.45, 7) is 5.79. The van der Waals surface area contributed by atoms with Crippen molar-refractivity contribution in [3.63, 3.8) is 0 Å². The van der Waals surface area contributed by atoms with Crippen molar-refractivity contribution in [1.29, 1.82) is 0 Å². The van der Waals surface area contributed by atoms with Crippen LogP contribution in [0.1, 0.15) is 206 Å². The zero-order valence-corrected chi connectivity index (χ0v) is 29.9. The van der Waals surface area contributed by atoms with Crippen LogP contribution in [0.4, 0.5) is 0 Å². The molecular weight excluding hydrogens is 532 g/mol. The average molecular weight is 608 g/mol. The number of hydrogen-bond donors (Lipinski definition) is 0. The first-order chi connectivity index (χ1) is 21.9. The van der Waals surface area contributed by atoms with E-state index in [4.69, 9.17) is 0 Å². The maximum absolute atomic E-state index is 2.57. The average Bonchev–Trinajstić information content (AvgIpc) is 3.45. The summed E-state index contributed by atoms with van der Waals surface area (Å²) >= 11 is 0. The fraction of sp³-hybridized carbons (Fsp3) is 0.786. The molecule has 2 aromatic rings. The smallest absolute Gasteiger partial charge is 0.234 e. The molecule has 1 aromatic carbocycles. The van der Waals surface area contributed by atoms with E-state index in [1.165, 1.54) is 211 Å². The van der Waals surface area contributed by atoms with Crippen molar-refractivity contribution in [1.82, 2.24) is 4.57 Å². The van der Waals surface area contributed by atoms with E-state index in [2.05, 4.69) is 65.7 Å². The third-order valence-electron chi connectivity index (χ3n) is 9.80. The molecule has 0 bridgehead atoms. The highest BCUT2D eigenvalue weighted by Crippen LogP contribution is 2.17. The molecule has 1 aromatic heterocycles. The molecule has 0 aliphatic carbocycles. The first kappa shape index (κ1) is 38.6. The Morgan fingerprint density at radius 3 is 1.20 bits per heavy atom. The zero-order valence-electron chi connectivity index (χ0n) is 29.9. The molecule has 0 radical (unpaired) electrons. The molecule has 0 saturated heterocycles. The first-order valence-electron chi connectivity index (χ1n) is 20.0. The fourth-order valence-corrected chi connectivity index (χ4v) is 6.88. The molecule has 0 unspecified atom stereocenters. The van der Waals surface area contributed by atoms with Crippen LogP contribution in [0.5, 0.6) is 0 Å². The largest absolute Gasteiger partial charge is 0.261 e. The number of unbranched alkanes of at least 4 members (excludes halogenated alkanes) is 27. The van der Waals surface area contributed by atoms with E-state index in [-0.39, 0.29) is 0 Å². The lowest BCUT2D eigenvalue weighted by molar-refractivity contribution is -0.704. The highest BCUT2D eigenvalue weighted by Gasteiger charge is 2.18. The zero-order chi connectivity index (χ0) is 31.2. The maximum Gasteiger partial charge on any atom is 0.261 e. The quantitative estimate of drug-likeness (QED) is 0.0578. The van der Waals surface area contributed by atoms with Crippen LogP contribution in [0, 0.1) is 0 Å². The Balaban J connectivity index is 1.55. The summed E-state index contributed by atoms with van der Waals surface area (Å²) in [7, 11) is 0. The van der Waals surface area contributed by atoms with E-state index < -0.39 is 0 Å². The Bertz CT molecular complexity index is 854. The first-order valence-corrected chi connectivity index (χ1v) is 20.0. The van der Waals surface area contributed by atoms with Gasteiger partial charge in [0.1, 0.15) is 18.1 Å². The lowest BCUT2D eigenvalue weighted by Crippen LogP contribution is -2.37. The van der Waals surface area contributed by atoms with Gasteiger partial charge in [-0.3, -0.25) is 0 Å². The lowest BCUT2D eigenvalue weighted by Gasteiger charge is -2.07. The van der Waals surface area contributed by atoms with Gasteiger partial charge in [-0.1, -0.05) is 199 Å². The Labute approximate surface area is 275 Å². The minimum atomic E-state index is 1.17. The van der Waals surface area contributed by atoms with Crippen molar-refractivity contribution in [2.24, 2.45) is 0 Å². The molecule has 0 saturated carbocycles. The number of hydrogen-bond acceptors (Lipinski definition) is 0. The standard InChI is InChI=1S/C42H75N2/c1-3-5-7-9-11-13-15-17-19-21-23-25-27-29-34-38-43-39-40-44(41-35-31-30-32-36-41)42(43)37-33-28-26-24-22-20-18-16-14-12-10-8-6-4-2/h30-32,35-36,39-40H,3-29,33-34,37-38H2,1-2H3/q+1. The van der Waals surface area contributed by atoms with E-state index in [9.17, 15) is 0 Å². The summed E-state index contributed by atoms with van der Waals surface area (Å²) in [5.41, 5.74) is 1.31. The van der Waals surface area contributed by atoms with Crippen molar-refractivity contribution >= 4 is 0 Å². The third-order valence-corrected chi connectivity index (χ3v) is 9.80. The van der Waals surface area contributed by atoms with Crippen LogP contribution in [0.3, 0.4) is 0 Å². The SMILES string of the molecule is CCCCCCCCCCCCCCCCC[n+]1ccn(-c2ccccc2)c1CCCCCCCCCCCCCCCC. The number of benzene rings is 1. The van der Waals surface area contributed by atoms with E-state index in [1.807, 2.05) is 0 Å². The molecule has 0 fully saturated rings. The van der Waals surface area contributed by atoms with E-state index in [1.54, 1.807) is 0 Å².